The number of allylic oxidation sites excluding steroid dienone is 1. The molecule has 2 saturated heterocycles. The molecule has 0 aromatic heterocycles. The smallest absolute Gasteiger partial charge is 0.242 e. The van der Waals surface area contributed by atoms with Crippen LogP contribution in [0.2, 0.25) is 0 Å². The zero-order valence-corrected chi connectivity index (χ0v) is 11.6. The van der Waals surface area contributed by atoms with Crippen molar-refractivity contribution in [2.75, 3.05) is 13.2 Å². The summed E-state index contributed by atoms with van der Waals surface area (Å²) in [5, 5.41) is 9.73. The highest BCUT2D eigenvalue weighted by Gasteiger charge is 2.42. The zero-order valence-electron chi connectivity index (χ0n) is 10.8. The molecule has 106 valence electrons. The van der Waals surface area contributed by atoms with Crippen LogP contribution in [0.1, 0.15) is 25.7 Å². The summed E-state index contributed by atoms with van der Waals surface area (Å²) in [7, 11) is 0. The topological polar surface area (TPSA) is 56.1 Å². The van der Waals surface area contributed by atoms with E-state index < -0.39 is 0 Å². The van der Waals surface area contributed by atoms with Crippen molar-refractivity contribution in [1.29, 1.82) is 0 Å². The van der Waals surface area contributed by atoms with Gasteiger partial charge in [0, 0.05) is 24.5 Å². The highest BCUT2D eigenvalue weighted by atomic mass is 35.5. The van der Waals surface area contributed by atoms with Crippen LogP contribution in [0, 0.1) is 0 Å². The lowest BCUT2D eigenvalue weighted by atomic mass is 10.00. The largest absolute Gasteiger partial charge is 0.393 e. The lowest BCUT2D eigenvalue weighted by molar-refractivity contribution is -0.138. The Bertz CT molecular complexity index is 385. The normalized spacial score (nSPS) is 32.4. The maximum Gasteiger partial charge on any atom is 0.242 e. The van der Waals surface area contributed by atoms with Gasteiger partial charge in [-0.05, 0) is 31.8 Å². The van der Waals surface area contributed by atoms with Gasteiger partial charge in [-0.3, -0.25) is 9.79 Å². The van der Waals surface area contributed by atoms with E-state index >= 15 is 0 Å². The Labute approximate surface area is 119 Å². The zero-order chi connectivity index (χ0) is 12.5. The van der Waals surface area contributed by atoms with Crippen molar-refractivity contribution < 1.29 is 9.90 Å². The lowest BCUT2D eigenvalue weighted by Gasteiger charge is -2.38. The first-order chi connectivity index (χ1) is 8.74. The number of aliphatic imine (C=N–C) groups is 1. The van der Waals surface area contributed by atoms with Crippen LogP contribution in [0.3, 0.4) is 0 Å². The van der Waals surface area contributed by atoms with Crippen molar-refractivity contribution >= 4 is 24.5 Å². The summed E-state index contributed by atoms with van der Waals surface area (Å²) in [6.07, 6.45) is 8.87. The van der Waals surface area contributed by atoms with E-state index in [2.05, 4.69) is 4.99 Å². The molecule has 0 aliphatic carbocycles. The molecule has 3 heterocycles. The first-order valence-corrected chi connectivity index (χ1v) is 6.64. The number of rotatable bonds is 2. The van der Waals surface area contributed by atoms with Gasteiger partial charge in [-0.2, -0.15) is 0 Å². The molecule has 0 aromatic carbocycles. The number of hydrogen-bond donors (Lipinski definition) is 1. The van der Waals surface area contributed by atoms with Gasteiger partial charge in [-0.15, -0.1) is 12.4 Å². The van der Waals surface area contributed by atoms with Gasteiger partial charge in [-0.1, -0.05) is 0 Å². The molecule has 5 nitrogen and oxygen atoms in total. The standard InChI is InChI=1S/C13H19N3O2.ClH/c17-12-6-10-2-3-11(7-12)16(10)13(18)8-15-5-1-4-14-9-15;/h1,4-5,10-12,17H,2-3,6-9H2;1H. The number of hydrogen-bond acceptors (Lipinski definition) is 4. The fourth-order valence-corrected chi connectivity index (χ4v) is 3.33. The Kier molecular flexibility index (Phi) is 4.47. The first kappa shape index (κ1) is 14.3. The van der Waals surface area contributed by atoms with Crippen molar-refractivity contribution in [1.82, 2.24) is 9.80 Å². The summed E-state index contributed by atoms with van der Waals surface area (Å²) in [6.45, 7) is 0.963. The molecule has 2 atom stereocenters. The molecule has 3 rings (SSSR count). The van der Waals surface area contributed by atoms with E-state index in [9.17, 15) is 9.90 Å². The number of aliphatic hydroxyl groups excluding tert-OH is 1. The van der Waals surface area contributed by atoms with Crippen LogP contribution in [0.5, 0.6) is 0 Å². The summed E-state index contributed by atoms with van der Waals surface area (Å²) in [5.41, 5.74) is 0. The predicted molar refractivity (Wildman–Crippen MR) is 75.3 cm³/mol. The second-order valence-corrected chi connectivity index (χ2v) is 5.37. The maximum atomic E-state index is 12.4. The van der Waals surface area contributed by atoms with Gasteiger partial charge in [0.2, 0.25) is 5.91 Å². The molecule has 2 fully saturated rings. The predicted octanol–water partition coefficient (Wildman–Crippen LogP) is 0.780. The third-order valence-electron chi connectivity index (χ3n) is 4.09. The Morgan fingerprint density at radius 1 is 1.32 bits per heavy atom. The van der Waals surface area contributed by atoms with E-state index in [1.54, 1.807) is 6.21 Å². The Morgan fingerprint density at radius 2 is 2.00 bits per heavy atom. The molecule has 1 amide bonds. The second-order valence-electron chi connectivity index (χ2n) is 5.37. The molecular weight excluding hydrogens is 266 g/mol. The van der Waals surface area contributed by atoms with Gasteiger partial charge < -0.3 is 14.9 Å². The van der Waals surface area contributed by atoms with Crippen LogP contribution in [-0.2, 0) is 4.79 Å². The number of halogens is 1. The summed E-state index contributed by atoms with van der Waals surface area (Å²) in [5.74, 6) is 0.177. The van der Waals surface area contributed by atoms with Crippen molar-refractivity contribution in [3.63, 3.8) is 0 Å². The van der Waals surface area contributed by atoms with E-state index in [1.165, 1.54) is 0 Å². The van der Waals surface area contributed by atoms with Gasteiger partial charge in [-0.25, -0.2) is 0 Å². The quantitative estimate of drug-likeness (QED) is 0.816. The van der Waals surface area contributed by atoms with Crippen molar-refractivity contribution in [3.05, 3.63) is 12.3 Å². The molecule has 2 unspecified atom stereocenters. The average Bonchev–Trinajstić information content (AvgIpc) is 2.63. The second kappa shape index (κ2) is 5.92. The number of nitrogens with zero attached hydrogens (tertiary/aromatic N) is 3. The molecule has 0 saturated carbocycles. The van der Waals surface area contributed by atoms with Crippen molar-refractivity contribution in [3.8, 4) is 0 Å². The summed E-state index contributed by atoms with van der Waals surface area (Å²) in [4.78, 5) is 20.4. The average molecular weight is 286 g/mol. The molecule has 2 bridgehead atoms. The molecule has 6 heteroatoms. The Balaban J connectivity index is 0.00000133. The highest BCUT2D eigenvalue weighted by molar-refractivity contribution is 5.85. The van der Waals surface area contributed by atoms with Crippen LogP contribution in [-0.4, -0.2) is 58.4 Å². The van der Waals surface area contributed by atoms with E-state index in [0.29, 0.717) is 13.2 Å². The summed E-state index contributed by atoms with van der Waals surface area (Å²) < 4.78 is 0. The van der Waals surface area contributed by atoms with Gasteiger partial charge in [0.25, 0.3) is 0 Å². The van der Waals surface area contributed by atoms with Crippen molar-refractivity contribution in [2.45, 2.75) is 43.9 Å². The fraction of sp³-hybridized carbons (Fsp3) is 0.692. The number of fused-ring (bicyclic) bond motifs is 2. The molecule has 0 aromatic rings. The number of piperidine rings is 1. The van der Waals surface area contributed by atoms with Crippen LogP contribution in [0.15, 0.2) is 17.3 Å². The maximum absolute atomic E-state index is 12.4. The van der Waals surface area contributed by atoms with Gasteiger partial charge in [0.15, 0.2) is 0 Å². The number of carbonyl (C=O) groups is 1. The molecule has 0 radical (unpaired) electrons. The minimum absolute atomic E-state index is 0. The van der Waals surface area contributed by atoms with Crippen LogP contribution in [0.25, 0.3) is 0 Å². The Morgan fingerprint density at radius 3 is 2.58 bits per heavy atom. The van der Waals surface area contributed by atoms with E-state index in [1.807, 2.05) is 22.1 Å². The minimum Gasteiger partial charge on any atom is -0.393 e. The molecular formula is C13H20ClN3O2. The van der Waals surface area contributed by atoms with Gasteiger partial charge in [0.05, 0.1) is 12.6 Å². The SMILES string of the molecule is Cl.O=C(CN1C=CC=NC1)N1C2CCC1CC(O)C2. The van der Waals surface area contributed by atoms with E-state index in [0.717, 1.165) is 25.7 Å². The fourth-order valence-electron chi connectivity index (χ4n) is 3.33. The summed E-state index contributed by atoms with van der Waals surface area (Å²) in [6, 6.07) is 0.507. The molecule has 0 spiro atoms. The number of aliphatic hydroxyl groups is 1. The van der Waals surface area contributed by atoms with E-state index in [4.69, 9.17) is 0 Å². The van der Waals surface area contributed by atoms with Crippen LogP contribution >= 0.6 is 12.4 Å². The highest BCUT2D eigenvalue weighted by Crippen LogP contribution is 2.35. The third kappa shape index (κ3) is 2.92. The molecule has 3 aliphatic rings. The summed E-state index contributed by atoms with van der Waals surface area (Å²) >= 11 is 0. The van der Waals surface area contributed by atoms with Crippen LogP contribution in [0.4, 0.5) is 0 Å². The van der Waals surface area contributed by atoms with E-state index in [-0.39, 0.29) is 36.5 Å². The van der Waals surface area contributed by atoms with Gasteiger partial charge >= 0.3 is 0 Å². The monoisotopic (exact) mass is 285 g/mol. The minimum atomic E-state index is -0.217. The first-order valence-electron chi connectivity index (χ1n) is 6.64. The molecule has 3 aliphatic heterocycles. The number of carbonyl (C=O) groups excluding carboxylic acids is 1. The van der Waals surface area contributed by atoms with Gasteiger partial charge in [0.1, 0.15) is 6.67 Å². The lowest BCUT2D eigenvalue weighted by Crippen LogP contribution is -2.50. The number of amides is 1. The molecule has 1 N–H and O–H groups in total. The van der Waals surface area contributed by atoms with Crippen LogP contribution < -0.4 is 0 Å². The molecule has 19 heavy (non-hydrogen) atoms. The Hall–Kier alpha value is -1.07. The third-order valence-corrected chi connectivity index (χ3v) is 4.09. The van der Waals surface area contributed by atoms with Crippen molar-refractivity contribution in [2.24, 2.45) is 4.99 Å².